The van der Waals surface area contributed by atoms with Crippen LogP contribution in [0.25, 0.3) is 0 Å². The van der Waals surface area contributed by atoms with E-state index in [1.165, 1.54) is 11.9 Å². The first-order chi connectivity index (χ1) is 4.74. The van der Waals surface area contributed by atoms with Gasteiger partial charge >= 0.3 is 0 Å². The minimum Gasteiger partial charge on any atom is -0.272 e. The van der Waals surface area contributed by atoms with Crippen molar-refractivity contribution in [3.05, 3.63) is 11.1 Å². The van der Waals surface area contributed by atoms with Gasteiger partial charge in [0.2, 0.25) is 0 Å². The number of hydrogen-bond acceptors (Lipinski definition) is 4. The molecule has 0 bridgehead atoms. The SMILES string of the molecule is CC(C)c1csc(SN)n1. The van der Waals surface area contributed by atoms with Crippen molar-refractivity contribution in [3.8, 4) is 0 Å². The molecule has 0 aliphatic heterocycles. The molecule has 0 radical (unpaired) electrons. The third-order valence-electron chi connectivity index (χ3n) is 1.19. The molecule has 1 aromatic heterocycles. The summed E-state index contributed by atoms with van der Waals surface area (Å²) in [5.74, 6) is 0.511. The first kappa shape index (κ1) is 8.04. The minimum absolute atomic E-state index is 0.511. The summed E-state index contributed by atoms with van der Waals surface area (Å²) in [6.07, 6.45) is 0. The largest absolute Gasteiger partial charge is 0.272 e. The van der Waals surface area contributed by atoms with Gasteiger partial charge in [-0.2, -0.15) is 0 Å². The van der Waals surface area contributed by atoms with Crippen molar-refractivity contribution in [1.29, 1.82) is 0 Å². The van der Waals surface area contributed by atoms with Crippen molar-refractivity contribution in [2.45, 2.75) is 24.1 Å². The van der Waals surface area contributed by atoms with E-state index >= 15 is 0 Å². The van der Waals surface area contributed by atoms with Gasteiger partial charge in [0.05, 0.1) is 5.69 Å². The van der Waals surface area contributed by atoms with Gasteiger partial charge in [-0.05, 0) is 17.9 Å². The Labute approximate surface area is 69.0 Å². The van der Waals surface area contributed by atoms with Crippen molar-refractivity contribution in [2.75, 3.05) is 0 Å². The fourth-order valence-electron chi connectivity index (χ4n) is 0.588. The number of aromatic nitrogens is 1. The first-order valence-electron chi connectivity index (χ1n) is 3.06. The van der Waals surface area contributed by atoms with Gasteiger partial charge in [-0.25, -0.2) is 4.98 Å². The summed E-state index contributed by atoms with van der Waals surface area (Å²) in [6.45, 7) is 4.25. The second-order valence-corrected chi connectivity index (χ2v) is 4.05. The van der Waals surface area contributed by atoms with Crippen LogP contribution in [0.3, 0.4) is 0 Å². The highest BCUT2D eigenvalue weighted by molar-refractivity contribution is 7.98. The van der Waals surface area contributed by atoms with E-state index in [0.29, 0.717) is 5.92 Å². The molecule has 0 spiro atoms. The van der Waals surface area contributed by atoms with Crippen LogP contribution in [0.5, 0.6) is 0 Å². The van der Waals surface area contributed by atoms with E-state index in [4.69, 9.17) is 5.14 Å². The van der Waals surface area contributed by atoms with Crippen LogP contribution in [0.1, 0.15) is 25.5 Å². The van der Waals surface area contributed by atoms with E-state index < -0.39 is 0 Å². The van der Waals surface area contributed by atoms with Crippen LogP contribution in [0, 0.1) is 0 Å². The van der Waals surface area contributed by atoms with Gasteiger partial charge in [0.15, 0.2) is 4.34 Å². The molecule has 2 N–H and O–H groups in total. The average Bonchev–Trinajstić information content (AvgIpc) is 2.34. The summed E-state index contributed by atoms with van der Waals surface area (Å²) >= 11 is 2.82. The lowest BCUT2D eigenvalue weighted by Gasteiger charge is -1.95. The van der Waals surface area contributed by atoms with E-state index in [1.54, 1.807) is 11.3 Å². The van der Waals surface area contributed by atoms with Gasteiger partial charge < -0.3 is 0 Å². The monoisotopic (exact) mass is 174 g/mol. The Bertz CT molecular complexity index is 207. The van der Waals surface area contributed by atoms with Gasteiger partial charge in [0.25, 0.3) is 0 Å². The molecule has 56 valence electrons. The van der Waals surface area contributed by atoms with E-state index in [9.17, 15) is 0 Å². The fourth-order valence-corrected chi connectivity index (χ4v) is 1.82. The summed E-state index contributed by atoms with van der Waals surface area (Å²) in [4.78, 5) is 4.28. The molecule has 0 saturated heterocycles. The molecule has 4 heteroatoms. The van der Waals surface area contributed by atoms with Gasteiger partial charge in [0, 0.05) is 5.38 Å². The maximum absolute atomic E-state index is 5.33. The molecular weight excluding hydrogens is 164 g/mol. The van der Waals surface area contributed by atoms with Gasteiger partial charge in [0.1, 0.15) is 0 Å². The predicted molar refractivity (Wildman–Crippen MR) is 46.2 cm³/mol. The average molecular weight is 174 g/mol. The predicted octanol–water partition coefficient (Wildman–Crippen LogP) is 2.23. The van der Waals surface area contributed by atoms with Crippen LogP contribution in [0.4, 0.5) is 0 Å². The molecule has 0 amide bonds. The highest BCUT2D eigenvalue weighted by atomic mass is 32.2. The Morgan fingerprint density at radius 2 is 2.40 bits per heavy atom. The molecule has 0 fully saturated rings. The lowest BCUT2D eigenvalue weighted by Crippen LogP contribution is -1.86. The van der Waals surface area contributed by atoms with Crippen LogP contribution in [-0.4, -0.2) is 4.98 Å². The number of thiazole rings is 1. The zero-order valence-corrected chi connectivity index (χ0v) is 7.63. The normalized spacial score (nSPS) is 10.8. The van der Waals surface area contributed by atoms with E-state index in [2.05, 4.69) is 24.2 Å². The van der Waals surface area contributed by atoms with Crippen LogP contribution in [0.15, 0.2) is 9.72 Å². The van der Waals surface area contributed by atoms with E-state index in [-0.39, 0.29) is 0 Å². The van der Waals surface area contributed by atoms with Gasteiger partial charge in [-0.3, -0.25) is 5.14 Å². The molecule has 10 heavy (non-hydrogen) atoms. The molecule has 2 nitrogen and oxygen atoms in total. The standard InChI is InChI=1S/C6H10N2S2/c1-4(2)5-3-9-6(8-5)10-7/h3-4H,7H2,1-2H3. The summed E-state index contributed by atoms with van der Waals surface area (Å²) in [6, 6.07) is 0. The Balaban J connectivity index is 2.78. The maximum Gasteiger partial charge on any atom is 0.164 e. The minimum atomic E-state index is 0.511. The molecule has 1 heterocycles. The Morgan fingerprint density at radius 3 is 2.70 bits per heavy atom. The smallest absolute Gasteiger partial charge is 0.164 e. The van der Waals surface area contributed by atoms with Crippen molar-refractivity contribution < 1.29 is 0 Å². The first-order valence-corrected chi connectivity index (χ1v) is 4.82. The second kappa shape index (κ2) is 3.37. The number of nitrogens with two attached hydrogens (primary N) is 1. The van der Waals surface area contributed by atoms with Gasteiger partial charge in [-0.1, -0.05) is 13.8 Å². The number of rotatable bonds is 2. The molecule has 0 saturated carbocycles. The van der Waals surface area contributed by atoms with Crippen LogP contribution in [-0.2, 0) is 0 Å². The molecule has 0 unspecified atom stereocenters. The summed E-state index contributed by atoms with van der Waals surface area (Å²) in [5, 5.41) is 7.38. The number of hydrogen-bond donors (Lipinski definition) is 1. The van der Waals surface area contributed by atoms with Crippen LogP contribution in [0.2, 0.25) is 0 Å². The van der Waals surface area contributed by atoms with Crippen LogP contribution < -0.4 is 5.14 Å². The van der Waals surface area contributed by atoms with Crippen LogP contribution >= 0.6 is 23.3 Å². The fraction of sp³-hybridized carbons (Fsp3) is 0.500. The number of nitrogens with zero attached hydrogens (tertiary/aromatic N) is 1. The second-order valence-electron chi connectivity index (χ2n) is 2.31. The molecule has 1 aromatic rings. The molecule has 0 atom stereocenters. The molecule has 1 rings (SSSR count). The van der Waals surface area contributed by atoms with E-state index in [0.717, 1.165) is 10.0 Å². The zero-order chi connectivity index (χ0) is 7.56. The molecule has 0 aliphatic carbocycles. The quantitative estimate of drug-likeness (QED) is 0.699. The van der Waals surface area contributed by atoms with Crippen molar-refractivity contribution in [2.24, 2.45) is 5.14 Å². The summed E-state index contributed by atoms with van der Waals surface area (Å²) < 4.78 is 0.948. The third-order valence-corrected chi connectivity index (χ3v) is 2.72. The maximum atomic E-state index is 5.33. The van der Waals surface area contributed by atoms with Crippen molar-refractivity contribution in [3.63, 3.8) is 0 Å². The highest BCUT2D eigenvalue weighted by Crippen LogP contribution is 2.22. The van der Waals surface area contributed by atoms with Crippen molar-refractivity contribution >= 4 is 23.3 Å². The highest BCUT2D eigenvalue weighted by Gasteiger charge is 2.03. The summed E-state index contributed by atoms with van der Waals surface area (Å²) in [7, 11) is 0. The zero-order valence-electron chi connectivity index (χ0n) is 6.00. The topological polar surface area (TPSA) is 38.9 Å². The molecule has 0 aliphatic rings. The summed E-state index contributed by atoms with van der Waals surface area (Å²) in [5.41, 5.74) is 1.14. The lowest BCUT2D eigenvalue weighted by molar-refractivity contribution is 0.822. The third kappa shape index (κ3) is 1.71. The molecular formula is C6H10N2S2. The van der Waals surface area contributed by atoms with Crippen molar-refractivity contribution in [1.82, 2.24) is 4.98 Å². The Morgan fingerprint density at radius 1 is 1.70 bits per heavy atom. The molecule has 0 aromatic carbocycles. The lowest BCUT2D eigenvalue weighted by atomic mass is 10.2. The van der Waals surface area contributed by atoms with E-state index in [1.807, 2.05) is 0 Å². The Kier molecular flexibility index (Phi) is 2.71. The van der Waals surface area contributed by atoms with Gasteiger partial charge in [-0.15, -0.1) is 11.3 Å². The Hall–Kier alpha value is -0.0600.